The normalized spacial score (nSPS) is 18.2. The third-order valence-corrected chi connectivity index (χ3v) is 3.05. The number of nitrogens with zero attached hydrogens (tertiary/aromatic N) is 2. The zero-order valence-corrected chi connectivity index (χ0v) is 10.1. The quantitative estimate of drug-likeness (QED) is 0.662. The lowest BCUT2D eigenvalue weighted by atomic mass is 10.0. The largest absolute Gasteiger partial charge is 0.480 e. The summed E-state index contributed by atoms with van der Waals surface area (Å²) in [6, 6.07) is -0.389. The van der Waals surface area contributed by atoms with Crippen molar-refractivity contribution in [2.75, 3.05) is 13.1 Å². The number of aliphatic carboxylic acids is 1. The zero-order chi connectivity index (χ0) is 13.1. The molecular formula is C11H16N4O3. The number of likely N-dealkylation sites (N-methyl/N-ethyl adjacent to an activating group) is 1. The molecule has 0 fully saturated rings. The first-order valence-corrected chi connectivity index (χ1v) is 5.87. The topological polar surface area (TPSA) is 98.3 Å². The van der Waals surface area contributed by atoms with Gasteiger partial charge in [-0.1, -0.05) is 0 Å². The van der Waals surface area contributed by atoms with Gasteiger partial charge in [0.2, 0.25) is 5.91 Å². The summed E-state index contributed by atoms with van der Waals surface area (Å²) in [6.45, 7) is 2.44. The van der Waals surface area contributed by atoms with E-state index in [0.29, 0.717) is 19.5 Å². The Bertz CT molecular complexity index is 457. The Morgan fingerprint density at radius 2 is 2.39 bits per heavy atom. The van der Waals surface area contributed by atoms with Gasteiger partial charge in [-0.05, 0) is 6.92 Å². The van der Waals surface area contributed by atoms with Crippen LogP contribution in [0.5, 0.6) is 0 Å². The van der Waals surface area contributed by atoms with Crippen LogP contribution in [-0.4, -0.2) is 51.0 Å². The van der Waals surface area contributed by atoms with Crippen LogP contribution < -0.4 is 5.32 Å². The van der Waals surface area contributed by atoms with E-state index in [2.05, 4.69) is 15.3 Å². The van der Waals surface area contributed by atoms with Gasteiger partial charge in [-0.25, -0.2) is 4.98 Å². The molecule has 1 unspecified atom stereocenters. The first-order valence-electron chi connectivity index (χ1n) is 5.87. The molecule has 2 heterocycles. The summed E-state index contributed by atoms with van der Waals surface area (Å²) < 4.78 is 0. The smallest absolute Gasteiger partial charge is 0.323 e. The molecule has 3 N–H and O–H groups in total. The molecule has 0 aromatic carbocycles. The minimum Gasteiger partial charge on any atom is -0.480 e. The molecule has 0 bridgehead atoms. The highest BCUT2D eigenvalue weighted by atomic mass is 16.4. The molecule has 1 aliphatic rings. The number of imidazole rings is 1. The van der Waals surface area contributed by atoms with Crippen LogP contribution in [0.2, 0.25) is 0 Å². The van der Waals surface area contributed by atoms with Crippen molar-refractivity contribution < 1.29 is 14.7 Å². The van der Waals surface area contributed by atoms with E-state index < -0.39 is 5.97 Å². The van der Waals surface area contributed by atoms with E-state index in [-0.39, 0.29) is 18.5 Å². The second-order valence-corrected chi connectivity index (χ2v) is 4.21. The van der Waals surface area contributed by atoms with Gasteiger partial charge in [-0.15, -0.1) is 0 Å². The molecular weight excluding hydrogens is 236 g/mol. The molecule has 0 saturated carbocycles. The van der Waals surface area contributed by atoms with E-state index in [1.807, 2.05) is 0 Å². The van der Waals surface area contributed by atoms with E-state index >= 15 is 0 Å². The number of hydrogen-bond donors (Lipinski definition) is 3. The molecule has 0 radical (unpaired) electrons. The minimum absolute atomic E-state index is 0.187. The number of aromatic amines is 1. The van der Waals surface area contributed by atoms with E-state index in [9.17, 15) is 9.59 Å². The first-order chi connectivity index (χ1) is 8.61. The van der Waals surface area contributed by atoms with Crippen LogP contribution in [-0.2, 0) is 22.6 Å². The minimum atomic E-state index is -0.999. The highest BCUT2D eigenvalue weighted by molar-refractivity contribution is 5.85. The standard InChI is InChI=1S/C11H16N4O3/c1-2-15(5-10(16)17)11(18)8-3-7-9(4-12-8)14-6-13-7/h6,8,12H,2-5H2,1H3,(H,13,14)(H,16,17). The summed E-state index contributed by atoms with van der Waals surface area (Å²) in [6.07, 6.45) is 2.10. The predicted octanol–water partition coefficient (Wildman–Crippen LogP) is -0.643. The van der Waals surface area contributed by atoms with E-state index in [1.165, 1.54) is 4.90 Å². The zero-order valence-electron chi connectivity index (χ0n) is 10.1. The van der Waals surface area contributed by atoms with Gasteiger partial charge in [0.25, 0.3) is 0 Å². The van der Waals surface area contributed by atoms with Crippen LogP contribution in [0.15, 0.2) is 6.33 Å². The number of carboxylic acids is 1. The Morgan fingerprint density at radius 3 is 3.06 bits per heavy atom. The molecule has 0 spiro atoms. The van der Waals surface area contributed by atoms with Crippen LogP contribution in [0.3, 0.4) is 0 Å². The molecule has 0 aliphatic carbocycles. The lowest BCUT2D eigenvalue weighted by molar-refractivity contribution is -0.145. The second-order valence-electron chi connectivity index (χ2n) is 4.21. The highest BCUT2D eigenvalue weighted by Gasteiger charge is 2.29. The van der Waals surface area contributed by atoms with Crippen LogP contribution in [0, 0.1) is 0 Å². The van der Waals surface area contributed by atoms with Crippen molar-refractivity contribution in [2.24, 2.45) is 0 Å². The van der Waals surface area contributed by atoms with Crippen molar-refractivity contribution in [1.29, 1.82) is 0 Å². The molecule has 1 atom stereocenters. The number of fused-ring (bicyclic) bond motifs is 1. The van der Waals surface area contributed by atoms with Crippen LogP contribution in [0.25, 0.3) is 0 Å². The van der Waals surface area contributed by atoms with Crippen LogP contribution in [0.4, 0.5) is 0 Å². The van der Waals surface area contributed by atoms with Crippen molar-refractivity contribution >= 4 is 11.9 Å². The van der Waals surface area contributed by atoms with Crippen LogP contribution >= 0.6 is 0 Å². The van der Waals surface area contributed by atoms with Gasteiger partial charge >= 0.3 is 5.97 Å². The number of hydrogen-bond acceptors (Lipinski definition) is 4. The van der Waals surface area contributed by atoms with E-state index in [4.69, 9.17) is 5.11 Å². The lowest BCUT2D eigenvalue weighted by Crippen LogP contribution is -2.50. The number of nitrogens with one attached hydrogen (secondary N) is 2. The number of H-pyrrole nitrogens is 1. The van der Waals surface area contributed by atoms with Gasteiger partial charge < -0.3 is 15.0 Å². The van der Waals surface area contributed by atoms with Gasteiger partial charge in [0.15, 0.2) is 0 Å². The second kappa shape index (κ2) is 5.18. The fourth-order valence-electron chi connectivity index (χ4n) is 2.07. The van der Waals surface area contributed by atoms with Gasteiger partial charge in [0, 0.05) is 19.5 Å². The third kappa shape index (κ3) is 2.51. The number of aromatic nitrogens is 2. The molecule has 0 saturated heterocycles. The monoisotopic (exact) mass is 252 g/mol. The van der Waals surface area contributed by atoms with Crippen molar-refractivity contribution in [1.82, 2.24) is 20.2 Å². The van der Waals surface area contributed by atoms with Gasteiger partial charge in [-0.3, -0.25) is 14.9 Å². The molecule has 1 amide bonds. The molecule has 1 aliphatic heterocycles. The SMILES string of the molecule is CCN(CC(=O)O)C(=O)C1Cc2nc[nH]c2CN1. The fourth-order valence-corrected chi connectivity index (χ4v) is 2.07. The molecule has 7 nitrogen and oxygen atoms in total. The molecule has 7 heteroatoms. The van der Waals surface area contributed by atoms with Crippen molar-refractivity contribution in [3.63, 3.8) is 0 Å². The summed E-state index contributed by atoms with van der Waals surface area (Å²) in [7, 11) is 0. The third-order valence-electron chi connectivity index (χ3n) is 3.05. The Kier molecular flexibility index (Phi) is 3.61. The Hall–Kier alpha value is -1.89. The number of carboxylic acid groups (broad SMARTS) is 1. The molecule has 1 aromatic rings. The Labute approximate surface area is 104 Å². The van der Waals surface area contributed by atoms with Gasteiger partial charge in [0.1, 0.15) is 6.54 Å². The maximum atomic E-state index is 12.2. The lowest BCUT2D eigenvalue weighted by Gasteiger charge is -2.27. The summed E-state index contributed by atoms with van der Waals surface area (Å²) >= 11 is 0. The number of carbonyl (C=O) groups is 2. The summed E-state index contributed by atoms with van der Waals surface area (Å²) in [4.78, 5) is 31.3. The average Bonchev–Trinajstić information content (AvgIpc) is 2.81. The highest BCUT2D eigenvalue weighted by Crippen LogP contribution is 2.13. The molecule has 1 aromatic heterocycles. The number of amides is 1. The molecule has 2 rings (SSSR count). The van der Waals surface area contributed by atoms with E-state index in [0.717, 1.165) is 11.4 Å². The average molecular weight is 252 g/mol. The summed E-state index contributed by atoms with van der Waals surface area (Å²) in [5, 5.41) is 11.8. The fraction of sp³-hybridized carbons (Fsp3) is 0.545. The van der Waals surface area contributed by atoms with Gasteiger partial charge in [0.05, 0.1) is 23.8 Å². The van der Waals surface area contributed by atoms with Crippen molar-refractivity contribution in [2.45, 2.75) is 25.9 Å². The molecule has 98 valence electrons. The van der Waals surface area contributed by atoms with E-state index in [1.54, 1.807) is 13.3 Å². The van der Waals surface area contributed by atoms with Crippen molar-refractivity contribution in [3.05, 3.63) is 17.7 Å². The maximum absolute atomic E-state index is 12.2. The summed E-state index contributed by atoms with van der Waals surface area (Å²) in [5.41, 5.74) is 1.86. The van der Waals surface area contributed by atoms with Crippen LogP contribution in [0.1, 0.15) is 18.3 Å². The number of rotatable bonds is 4. The maximum Gasteiger partial charge on any atom is 0.323 e. The first kappa shape index (κ1) is 12.6. The molecule has 18 heavy (non-hydrogen) atoms. The van der Waals surface area contributed by atoms with Crippen molar-refractivity contribution in [3.8, 4) is 0 Å². The predicted molar refractivity (Wildman–Crippen MR) is 62.8 cm³/mol. The Balaban J connectivity index is 2.04. The van der Waals surface area contributed by atoms with Gasteiger partial charge in [-0.2, -0.15) is 0 Å². The summed E-state index contributed by atoms with van der Waals surface area (Å²) in [5.74, 6) is -1.19. The number of carbonyl (C=O) groups excluding carboxylic acids is 1. The Morgan fingerprint density at radius 1 is 1.61 bits per heavy atom.